The zero-order chi connectivity index (χ0) is 18.9. The molecule has 8 heteroatoms. The molecule has 0 spiro atoms. The molecule has 0 aliphatic carbocycles. The van der Waals surface area contributed by atoms with Crippen molar-refractivity contribution in [2.45, 2.75) is 52.6 Å². The number of aliphatic imine (C=N–C) groups is 1. The summed E-state index contributed by atoms with van der Waals surface area (Å²) in [5, 5.41) is 6.81. The molecule has 1 fully saturated rings. The van der Waals surface area contributed by atoms with E-state index in [1.54, 1.807) is 13.0 Å². The maximum atomic E-state index is 11.7. The molecule has 2 rings (SSSR count). The first-order valence-electron chi connectivity index (χ1n) is 9.52. The predicted molar refractivity (Wildman–Crippen MR) is 118 cm³/mol. The Hall–Kier alpha value is -1.29. The largest absolute Gasteiger partial charge is 0.465 e. The Morgan fingerprint density at radius 1 is 1.37 bits per heavy atom. The van der Waals surface area contributed by atoms with Gasteiger partial charge in [0.2, 0.25) is 0 Å². The number of guanidine groups is 1. The number of carbonyl (C=O) groups is 1. The van der Waals surface area contributed by atoms with Gasteiger partial charge >= 0.3 is 5.97 Å². The van der Waals surface area contributed by atoms with Gasteiger partial charge in [-0.15, -0.1) is 24.0 Å². The van der Waals surface area contributed by atoms with Crippen LogP contribution < -0.4 is 10.6 Å². The van der Waals surface area contributed by atoms with E-state index in [0.717, 1.165) is 38.4 Å². The third-order valence-corrected chi connectivity index (χ3v) is 4.58. The lowest BCUT2D eigenvalue weighted by atomic mass is 10.1. The van der Waals surface area contributed by atoms with E-state index < -0.39 is 0 Å². The minimum Gasteiger partial charge on any atom is -0.465 e. The number of hydrogen-bond donors (Lipinski definition) is 2. The van der Waals surface area contributed by atoms with Crippen LogP contribution in [0.25, 0.3) is 0 Å². The van der Waals surface area contributed by atoms with Crippen molar-refractivity contribution in [1.82, 2.24) is 15.5 Å². The highest BCUT2D eigenvalue weighted by molar-refractivity contribution is 14.0. The molecule has 154 valence electrons. The molecule has 27 heavy (non-hydrogen) atoms. The van der Waals surface area contributed by atoms with Crippen molar-refractivity contribution in [1.29, 1.82) is 0 Å². The van der Waals surface area contributed by atoms with E-state index in [1.807, 2.05) is 6.92 Å². The summed E-state index contributed by atoms with van der Waals surface area (Å²) in [6.45, 7) is 10.6. The highest BCUT2D eigenvalue weighted by atomic mass is 127. The first kappa shape index (κ1) is 23.7. The maximum absolute atomic E-state index is 11.7. The van der Waals surface area contributed by atoms with Crippen LogP contribution in [0.4, 0.5) is 0 Å². The van der Waals surface area contributed by atoms with Crippen LogP contribution in [-0.4, -0.2) is 56.2 Å². The quantitative estimate of drug-likeness (QED) is 0.264. The summed E-state index contributed by atoms with van der Waals surface area (Å²) >= 11 is 0. The molecule has 2 N–H and O–H groups in total. The Morgan fingerprint density at radius 3 is 2.67 bits per heavy atom. The van der Waals surface area contributed by atoms with Gasteiger partial charge in [-0.1, -0.05) is 6.92 Å². The van der Waals surface area contributed by atoms with Gasteiger partial charge in [0.25, 0.3) is 0 Å². The molecule has 0 radical (unpaired) electrons. The number of rotatable bonds is 7. The number of ether oxygens (including phenoxy) is 1. The summed E-state index contributed by atoms with van der Waals surface area (Å²) < 4.78 is 10.4. The molecule has 1 aliphatic heterocycles. The number of hydrogen-bond acceptors (Lipinski definition) is 5. The molecular formula is C19H33IN4O3. The molecule has 1 aliphatic rings. The van der Waals surface area contributed by atoms with E-state index >= 15 is 0 Å². The third kappa shape index (κ3) is 7.33. The molecule has 0 bridgehead atoms. The standard InChI is InChI=1S/C19H32N4O3.HI/c1-5-9-23-10-7-15(8-11-23)22-19(20-6-2)21-13-16-12-17(14(3)26-16)18(24)25-4;/h12,15H,5-11,13H2,1-4H3,(H2,20,21,22);1H. The van der Waals surface area contributed by atoms with Gasteiger partial charge in [-0.25, -0.2) is 9.79 Å². The van der Waals surface area contributed by atoms with Crippen molar-refractivity contribution in [2.75, 3.05) is 33.3 Å². The lowest BCUT2D eigenvalue weighted by Gasteiger charge is -2.32. The topological polar surface area (TPSA) is 79.1 Å². The van der Waals surface area contributed by atoms with Crippen LogP contribution in [0.5, 0.6) is 0 Å². The molecule has 0 atom stereocenters. The predicted octanol–water partition coefficient (Wildman–Crippen LogP) is 2.92. The number of nitrogens with zero attached hydrogens (tertiary/aromatic N) is 2. The van der Waals surface area contributed by atoms with Crippen LogP contribution in [-0.2, 0) is 11.3 Å². The van der Waals surface area contributed by atoms with E-state index in [2.05, 4.69) is 27.4 Å². The van der Waals surface area contributed by atoms with Gasteiger partial charge in [0.15, 0.2) is 5.96 Å². The van der Waals surface area contributed by atoms with Gasteiger partial charge < -0.3 is 24.7 Å². The van der Waals surface area contributed by atoms with Crippen molar-refractivity contribution >= 4 is 35.9 Å². The molecule has 1 saturated heterocycles. The molecular weight excluding hydrogens is 459 g/mol. The minimum absolute atomic E-state index is 0. The van der Waals surface area contributed by atoms with Gasteiger partial charge in [0, 0.05) is 25.7 Å². The summed E-state index contributed by atoms with van der Waals surface area (Å²) in [6.07, 6.45) is 3.45. The van der Waals surface area contributed by atoms with Crippen molar-refractivity contribution in [3.8, 4) is 0 Å². The number of piperidine rings is 1. The van der Waals surface area contributed by atoms with Crippen LogP contribution in [0.2, 0.25) is 0 Å². The Labute approximate surface area is 179 Å². The maximum Gasteiger partial charge on any atom is 0.341 e. The average molecular weight is 492 g/mol. The molecule has 0 amide bonds. The SMILES string of the molecule is CCCN1CCC(NC(=NCc2cc(C(=O)OC)c(C)o2)NCC)CC1.I. The monoisotopic (exact) mass is 492 g/mol. The number of aryl methyl sites for hydroxylation is 1. The number of likely N-dealkylation sites (tertiary alicyclic amines) is 1. The number of nitrogens with one attached hydrogen (secondary N) is 2. The smallest absolute Gasteiger partial charge is 0.341 e. The summed E-state index contributed by atoms with van der Waals surface area (Å²) in [5.41, 5.74) is 0.457. The summed E-state index contributed by atoms with van der Waals surface area (Å²) in [4.78, 5) is 18.8. The average Bonchev–Trinajstić information content (AvgIpc) is 3.02. The molecule has 0 aromatic carbocycles. The zero-order valence-electron chi connectivity index (χ0n) is 16.8. The van der Waals surface area contributed by atoms with E-state index in [9.17, 15) is 4.79 Å². The van der Waals surface area contributed by atoms with Gasteiger partial charge in [-0.2, -0.15) is 0 Å². The fraction of sp³-hybridized carbons (Fsp3) is 0.684. The van der Waals surface area contributed by atoms with Gasteiger partial charge in [-0.3, -0.25) is 0 Å². The number of methoxy groups -OCH3 is 1. The van der Waals surface area contributed by atoms with Gasteiger partial charge in [-0.05, 0) is 45.7 Å². The van der Waals surface area contributed by atoms with Crippen LogP contribution in [0.3, 0.4) is 0 Å². The van der Waals surface area contributed by atoms with Crippen molar-refractivity contribution in [2.24, 2.45) is 4.99 Å². The van der Waals surface area contributed by atoms with Crippen molar-refractivity contribution in [3.05, 3.63) is 23.2 Å². The molecule has 0 unspecified atom stereocenters. The van der Waals surface area contributed by atoms with E-state index in [0.29, 0.717) is 29.7 Å². The van der Waals surface area contributed by atoms with Crippen LogP contribution >= 0.6 is 24.0 Å². The van der Waals surface area contributed by atoms with Crippen LogP contribution in [0.1, 0.15) is 55.0 Å². The van der Waals surface area contributed by atoms with Gasteiger partial charge in [0.05, 0.1) is 7.11 Å². The lowest BCUT2D eigenvalue weighted by molar-refractivity contribution is 0.0599. The number of halogens is 1. The Bertz CT molecular complexity index is 610. The molecule has 1 aromatic rings. The summed E-state index contributed by atoms with van der Waals surface area (Å²) in [5.74, 6) is 1.61. The molecule has 7 nitrogen and oxygen atoms in total. The van der Waals surface area contributed by atoms with Gasteiger partial charge in [0.1, 0.15) is 23.6 Å². The molecule has 2 heterocycles. The normalized spacial score (nSPS) is 15.9. The molecule has 0 saturated carbocycles. The second-order valence-corrected chi connectivity index (χ2v) is 6.63. The van der Waals surface area contributed by atoms with E-state index in [-0.39, 0.29) is 29.9 Å². The van der Waals surface area contributed by atoms with E-state index in [1.165, 1.54) is 20.1 Å². The third-order valence-electron chi connectivity index (χ3n) is 4.58. The first-order valence-corrected chi connectivity index (χ1v) is 9.52. The number of esters is 1. The van der Waals surface area contributed by atoms with Crippen molar-refractivity contribution in [3.63, 3.8) is 0 Å². The molecule has 1 aromatic heterocycles. The van der Waals surface area contributed by atoms with Crippen molar-refractivity contribution < 1.29 is 13.9 Å². The Morgan fingerprint density at radius 2 is 2.07 bits per heavy atom. The van der Waals surface area contributed by atoms with Crippen LogP contribution in [0, 0.1) is 6.92 Å². The highest BCUT2D eigenvalue weighted by Crippen LogP contribution is 2.16. The second-order valence-electron chi connectivity index (χ2n) is 6.63. The van der Waals surface area contributed by atoms with Crippen LogP contribution in [0.15, 0.2) is 15.5 Å². The zero-order valence-corrected chi connectivity index (χ0v) is 19.2. The Kier molecular flexibility index (Phi) is 10.8. The van der Waals surface area contributed by atoms with E-state index in [4.69, 9.17) is 9.15 Å². The highest BCUT2D eigenvalue weighted by Gasteiger charge is 2.19. The Balaban J connectivity index is 0.00000364. The summed E-state index contributed by atoms with van der Waals surface area (Å²) in [6, 6.07) is 2.14. The number of carbonyl (C=O) groups excluding carboxylic acids is 1. The fourth-order valence-electron chi connectivity index (χ4n) is 3.22. The first-order chi connectivity index (χ1) is 12.6. The summed E-state index contributed by atoms with van der Waals surface area (Å²) in [7, 11) is 1.37. The second kappa shape index (κ2) is 12.2. The lowest BCUT2D eigenvalue weighted by Crippen LogP contribution is -2.48. The number of furan rings is 1. The fourth-order valence-corrected chi connectivity index (χ4v) is 3.22. The minimum atomic E-state index is -0.384.